The summed E-state index contributed by atoms with van der Waals surface area (Å²) in [6.07, 6.45) is -7.78. The number of ether oxygens (including phenoxy) is 1. The normalized spacial score (nSPS) is 18.1. The maximum Gasteiger partial charge on any atom is 0.429 e. The average molecular weight is 380 g/mol. The predicted octanol–water partition coefficient (Wildman–Crippen LogP) is 3.89. The molecule has 0 aromatic heterocycles. The molecule has 24 heavy (non-hydrogen) atoms. The van der Waals surface area contributed by atoms with E-state index >= 15 is 0 Å². The maximum absolute atomic E-state index is 13.9. The first kappa shape index (κ1) is 23.1. The standard InChI is InChI=1S/C14H24F4O5S/c1-5-10(8-9(2)3)6-7-11(19)23-12(14(16,17)18)13(4,15)24(20,21)22/h9-10,12H,5-8H2,1-4H3,(H,20,21,22). The Labute approximate surface area is 139 Å². The van der Waals surface area contributed by atoms with Gasteiger partial charge in [0.05, 0.1) is 0 Å². The molecule has 3 unspecified atom stereocenters. The minimum absolute atomic E-state index is 0.00137. The summed E-state index contributed by atoms with van der Waals surface area (Å²) in [4.78, 5) is 11.6. The number of hydrogen-bond acceptors (Lipinski definition) is 4. The summed E-state index contributed by atoms with van der Waals surface area (Å²) in [6.45, 7) is 5.79. The number of hydrogen-bond donors (Lipinski definition) is 1. The second-order valence-electron chi connectivity index (χ2n) is 6.31. The van der Waals surface area contributed by atoms with Crippen molar-refractivity contribution in [2.24, 2.45) is 11.8 Å². The van der Waals surface area contributed by atoms with Gasteiger partial charge in [-0.3, -0.25) is 9.35 Å². The van der Waals surface area contributed by atoms with Gasteiger partial charge in [-0.25, -0.2) is 4.39 Å². The summed E-state index contributed by atoms with van der Waals surface area (Å²) in [5.74, 6) is -0.949. The van der Waals surface area contributed by atoms with Crippen LogP contribution in [0.15, 0.2) is 0 Å². The Bertz CT molecular complexity index is 514. The van der Waals surface area contributed by atoms with Crippen LogP contribution < -0.4 is 0 Å². The minimum Gasteiger partial charge on any atom is -0.448 e. The molecular formula is C14H24F4O5S. The Morgan fingerprint density at radius 3 is 2.04 bits per heavy atom. The van der Waals surface area contributed by atoms with Gasteiger partial charge in [-0.15, -0.1) is 0 Å². The molecule has 0 rings (SSSR count). The lowest BCUT2D eigenvalue weighted by Gasteiger charge is -2.29. The average Bonchev–Trinajstić information content (AvgIpc) is 2.37. The highest BCUT2D eigenvalue weighted by molar-refractivity contribution is 7.87. The lowest BCUT2D eigenvalue weighted by Crippen LogP contribution is -2.53. The molecule has 5 nitrogen and oxygen atoms in total. The van der Waals surface area contributed by atoms with Crippen molar-refractivity contribution in [1.82, 2.24) is 0 Å². The third-order valence-electron chi connectivity index (χ3n) is 3.66. The van der Waals surface area contributed by atoms with Crippen LogP contribution in [0.5, 0.6) is 0 Å². The van der Waals surface area contributed by atoms with E-state index in [-0.39, 0.29) is 19.3 Å². The molecule has 0 saturated carbocycles. The zero-order valence-corrected chi connectivity index (χ0v) is 14.9. The van der Waals surface area contributed by atoms with Gasteiger partial charge < -0.3 is 4.74 Å². The fourth-order valence-corrected chi connectivity index (χ4v) is 2.72. The first-order chi connectivity index (χ1) is 10.6. The monoisotopic (exact) mass is 380 g/mol. The molecule has 1 N–H and O–H groups in total. The third-order valence-corrected chi connectivity index (χ3v) is 4.88. The van der Waals surface area contributed by atoms with Gasteiger partial charge in [0.25, 0.3) is 5.00 Å². The Hall–Kier alpha value is -0.900. The number of carbonyl (C=O) groups is 1. The molecule has 0 amide bonds. The number of esters is 1. The summed E-state index contributed by atoms with van der Waals surface area (Å²) in [5, 5.41) is -4.19. The third kappa shape index (κ3) is 6.92. The Balaban J connectivity index is 5.05. The predicted molar refractivity (Wildman–Crippen MR) is 79.5 cm³/mol. The highest BCUT2D eigenvalue weighted by Crippen LogP contribution is 2.37. The topological polar surface area (TPSA) is 80.7 Å². The zero-order valence-electron chi connectivity index (χ0n) is 14.1. The van der Waals surface area contributed by atoms with Gasteiger partial charge in [-0.1, -0.05) is 27.2 Å². The van der Waals surface area contributed by atoms with Gasteiger partial charge in [0.1, 0.15) is 0 Å². The van der Waals surface area contributed by atoms with Crippen LogP contribution in [0, 0.1) is 11.8 Å². The van der Waals surface area contributed by atoms with Crippen molar-refractivity contribution in [1.29, 1.82) is 0 Å². The molecule has 0 fully saturated rings. The molecule has 0 heterocycles. The van der Waals surface area contributed by atoms with Crippen molar-refractivity contribution in [2.75, 3.05) is 0 Å². The van der Waals surface area contributed by atoms with E-state index in [1.807, 2.05) is 20.8 Å². The van der Waals surface area contributed by atoms with E-state index in [2.05, 4.69) is 4.74 Å². The lowest BCUT2D eigenvalue weighted by atomic mass is 9.91. The van der Waals surface area contributed by atoms with Gasteiger partial charge in [0, 0.05) is 6.42 Å². The van der Waals surface area contributed by atoms with Crippen LogP contribution >= 0.6 is 0 Å². The largest absolute Gasteiger partial charge is 0.448 e. The molecule has 0 aliphatic rings. The Morgan fingerprint density at radius 1 is 1.21 bits per heavy atom. The minimum atomic E-state index is -5.75. The van der Waals surface area contributed by atoms with Crippen LogP contribution in [0.4, 0.5) is 17.6 Å². The molecular weight excluding hydrogens is 356 g/mol. The van der Waals surface area contributed by atoms with Crippen molar-refractivity contribution in [3.63, 3.8) is 0 Å². The SMILES string of the molecule is CCC(CCC(=O)OC(C(F)(F)F)C(C)(F)S(=O)(=O)O)CC(C)C. The highest BCUT2D eigenvalue weighted by atomic mass is 32.2. The van der Waals surface area contributed by atoms with Crippen LogP contribution in [-0.4, -0.2) is 36.2 Å². The summed E-state index contributed by atoms with van der Waals surface area (Å²) < 4.78 is 86.8. The first-order valence-corrected chi connectivity index (χ1v) is 8.99. The van der Waals surface area contributed by atoms with Crippen molar-refractivity contribution >= 4 is 16.1 Å². The number of rotatable bonds is 9. The molecule has 0 radical (unpaired) electrons. The van der Waals surface area contributed by atoms with E-state index in [1.54, 1.807) is 0 Å². The summed E-state index contributed by atoms with van der Waals surface area (Å²) in [7, 11) is -5.75. The Morgan fingerprint density at radius 2 is 1.71 bits per heavy atom. The smallest absolute Gasteiger partial charge is 0.429 e. The van der Waals surface area contributed by atoms with E-state index in [1.165, 1.54) is 0 Å². The molecule has 0 aromatic carbocycles. The number of carbonyl (C=O) groups excluding carboxylic acids is 1. The van der Waals surface area contributed by atoms with Crippen molar-refractivity contribution in [3.8, 4) is 0 Å². The second kappa shape index (κ2) is 8.46. The van der Waals surface area contributed by atoms with Crippen LogP contribution in [0.3, 0.4) is 0 Å². The van der Waals surface area contributed by atoms with Crippen molar-refractivity contribution in [2.45, 2.75) is 70.7 Å². The number of halogens is 4. The molecule has 144 valence electrons. The van der Waals surface area contributed by atoms with Gasteiger partial charge in [0.15, 0.2) is 0 Å². The van der Waals surface area contributed by atoms with Crippen LogP contribution in [0.1, 0.15) is 53.4 Å². The molecule has 0 spiro atoms. The molecule has 0 aliphatic heterocycles. The van der Waals surface area contributed by atoms with E-state index in [0.29, 0.717) is 12.3 Å². The fourth-order valence-electron chi connectivity index (χ4n) is 2.27. The van der Waals surface area contributed by atoms with Gasteiger partial charge in [0.2, 0.25) is 6.10 Å². The molecule has 10 heteroatoms. The second-order valence-corrected chi connectivity index (χ2v) is 8.06. The fraction of sp³-hybridized carbons (Fsp3) is 0.929. The van der Waals surface area contributed by atoms with Crippen LogP contribution in [-0.2, 0) is 19.6 Å². The Kier molecular flexibility index (Phi) is 8.14. The summed E-state index contributed by atoms with van der Waals surface area (Å²) in [5.41, 5.74) is 0. The van der Waals surface area contributed by atoms with Crippen LogP contribution in [0.25, 0.3) is 0 Å². The molecule has 3 atom stereocenters. The van der Waals surface area contributed by atoms with Crippen molar-refractivity contribution < 1.29 is 40.1 Å². The molecule has 0 saturated heterocycles. The van der Waals surface area contributed by atoms with Crippen molar-refractivity contribution in [3.05, 3.63) is 0 Å². The highest BCUT2D eigenvalue weighted by Gasteiger charge is 2.61. The van der Waals surface area contributed by atoms with E-state index < -0.39 is 39.8 Å². The quantitative estimate of drug-likeness (QED) is 0.373. The zero-order chi connectivity index (χ0) is 19.3. The summed E-state index contributed by atoms with van der Waals surface area (Å²) >= 11 is 0. The van der Waals surface area contributed by atoms with E-state index in [9.17, 15) is 30.8 Å². The lowest BCUT2D eigenvalue weighted by molar-refractivity contribution is -0.240. The molecule has 0 aliphatic carbocycles. The van der Waals surface area contributed by atoms with Gasteiger partial charge in [-0.05, 0) is 31.6 Å². The summed E-state index contributed by atoms with van der Waals surface area (Å²) in [6, 6.07) is 0. The number of alkyl halides is 4. The van der Waals surface area contributed by atoms with E-state index in [0.717, 1.165) is 6.42 Å². The first-order valence-electron chi connectivity index (χ1n) is 7.55. The maximum atomic E-state index is 13.9. The van der Waals surface area contributed by atoms with Crippen LogP contribution in [0.2, 0.25) is 0 Å². The van der Waals surface area contributed by atoms with E-state index in [4.69, 9.17) is 4.55 Å². The molecule has 0 bridgehead atoms. The van der Waals surface area contributed by atoms with Gasteiger partial charge >= 0.3 is 22.3 Å². The van der Waals surface area contributed by atoms with Gasteiger partial charge in [-0.2, -0.15) is 21.6 Å². The molecule has 0 aromatic rings.